The molecule has 6 nitrogen and oxygen atoms in total. The highest BCUT2D eigenvalue weighted by molar-refractivity contribution is 6.32. The van der Waals surface area contributed by atoms with E-state index >= 15 is 0 Å². The normalized spacial score (nSPS) is 15.3. The Balaban J connectivity index is 1.91. The number of primary amides is 1. The van der Waals surface area contributed by atoms with Crippen LogP contribution in [0, 0.1) is 0 Å². The third-order valence-electron chi connectivity index (χ3n) is 3.72. The Morgan fingerprint density at radius 2 is 1.92 bits per heavy atom. The molecule has 0 saturated heterocycles. The van der Waals surface area contributed by atoms with E-state index in [1.54, 1.807) is 55.5 Å². The summed E-state index contributed by atoms with van der Waals surface area (Å²) in [6.07, 6.45) is 1.69. The molecule has 26 heavy (non-hydrogen) atoms. The zero-order valence-electron chi connectivity index (χ0n) is 14.0. The van der Waals surface area contributed by atoms with Gasteiger partial charge in [-0.25, -0.2) is 0 Å². The van der Waals surface area contributed by atoms with Gasteiger partial charge in [-0.1, -0.05) is 29.8 Å². The second-order valence-electron chi connectivity index (χ2n) is 5.63. The summed E-state index contributed by atoms with van der Waals surface area (Å²) in [4.78, 5) is 23.7. The van der Waals surface area contributed by atoms with Gasteiger partial charge in [-0.2, -0.15) is 10.1 Å². The van der Waals surface area contributed by atoms with Gasteiger partial charge < -0.3 is 10.5 Å². The molecule has 132 valence electrons. The molecule has 0 unspecified atom stereocenters. The highest BCUT2D eigenvalue weighted by Gasteiger charge is 2.28. The number of rotatable bonds is 5. The summed E-state index contributed by atoms with van der Waals surface area (Å²) in [6.45, 7) is 1.52. The van der Waals surface area contributed by atoms with Gasteiger partial charge in [-0.3, -0.25) is 9.59 Å². The smallest absolute Gasteiger partial charge is 0.280 e. The molecule has 2 aromatic rings. The van der Waals surface area contributed by atoms with Gasteiger partial charge in [-0.15, -0.1) is 0 Å². The Bertz CT molecular complexity index is 920. The predicted molar refractivity (Wildman–Crippen MR) is 101 cm³/mol. The lowest BCUT2D eigenvalue weighted by molar-refractivity contribution is -0.120. The van der Waals surface area contributed by atoms with Crippen LogP contribution in [0.2, 0.25) is 5.02 Å². The lowest BCUT2D eigenvalue weighted by Crippen LogP contribution is -2.21. The van der Waals surface area contributed by atoms with Crippen LogP contribution in [-0.4, -0.2) is 24.1 Å². The standard InChI is InChI=1S/C19H16ClN3O3/c1-12-16(10-13-4-2-3-5-17(13)26-11-18(21)24)19(25)23(22-12)15-8-6-14(20)7-9-15/h2-10H,11H2,1H3,(H2,21,24)/b16-10+. The highest BCUT2D eigenvalue weighted by atomic mass is 35.5. The van der Waals surface area contributed by atoms with Gasteiger partial charge in [0, 0.05) is 10.6 Å². The molecule has 1 aliphatic heterocycles. The number of halogens is 1. The van der Waals surface area contributed by atoms with E-state index in [2.05, 4.69) is 5.10 Å². The van der Waals surface area contributed by atoms with E-state index in [9.17, 15) is 9.59 Å². The minimum absolute atomic E-state index is 0.238. The van der Waals surface area contributed by atoms with Crippen LogP contribution >= 0.6 is 11.6 Å². The molecule has 1 aliphatic rings. The SMILES string of the molecule is CC1=NN(c2ccc(Cl)cc2)C(=O)/C1=C/c1ccccc1OCC(N)=O. The minimum Gasteiger partial charge on any atom is -0.483 e. The van der Waals surface area contributed by atoms with Gasteiger partial charge >= 0.3 is 0 Å². The molecule has 0 fully saturated rings. The predicted octanol–water partition coefficient (Wildman–Crippen LogP) is 3.01. The Hall–Kier alpha value is -3.12. The Morgan fingerprint density at radius 1 is 1.23 bits per heavy atom. The third kappa shape index (κ3) is 3.75. The van der Waals surface area contributed by atoms with Gasteiger partial charge in [0.25, 0.3) is 11.8 Å². The first-order valence-electron chi connectivity index (χ1n) is 7.83. The molecule has 0 bridgehead atoms. The zero-order chi connectivity index (χ0) is 18.7. The van der Waals surface area contributed by atoms with Crippen molar-refractivity contribution in [3.63, 3.8) is 0 Å². The number of carbonyl (C=O) groups excluding carboxylic acids is 2. The first kappa shape index (κ1) is 17.7. The van der Waals surface area contributed by atoms with Gasteiger partial charge in [0.05, 0.1) is 17.0 Å². The van der Waals surface area contributed by atoms with Crippen LogP contribution in [0.1, 0.15) is 12.5 Å². The fourth-order valence-electron chi connectivity index (χ4n) is 2.48. The topological polar surface area (TPSA) is 85.0 Å². The van der Waals surface area contributed by atoms with Crippen LogP contribution < -0.4 is 15.5 Å². The molecule has 0 radical (unpaired) electrons. The molecule has 7 heteroatoms. The van der Waals surface area contributed by atoms with Crippen molar-refractivity contribution in [3.05, 3.63) is 64.7 Å². The van der Waals surface area contributed by atoms with Crippen molar-refractivity contribution in [2.45, 2.75) is 6.92 Å². The van der Waals surface area contributed by atoms with Gasteiger partial charge in [0.15, 0.2) is 6.61 Å². The second kappa shape index (κ2) is 7.41. The molecule has 0 aliphatic carbocycles. The second-order valence-corrected chi connectivity index (χ2v) is 6.07. The number of ether oxygens (including phenoxy) is 1. The molecule has 2 aromatic carbocycles. The highest BCUT2D eigenvalue weighted by Crippen LogP contribution is 2.28. The Morgan fingerprint density at radius 3 is 2.62 bits per heavy atom. The first-order valence-corrected chi connectivity index (χ1v) is 8.21. The largest absolute Gasteiger partial charge is 0.483 e. The number of nitrogens with two attached hydrogens (primary N) is 1. The summed E-state index contributed by atoms with van der Waals surface area (Å²) in [7, 11) is 0. The van der Waals surface area contributed by atoms with Crippen LogP contribution in [0.25, 0.3) is 6.08 Å². The lowest BCUT2D eigenvalue weighted by atomic mass is 10.1. The fourth-order valence-corrected chi connectivity index (χ4v) is 2.60. The van der Waals surface area contributed by atoms with Crippen LogP contribution in [-0.2, 0) is 9.59 Å². The summed E-state index contributed by atoms with van der Waals surface area (Å²) < 4.78 is 5.41. The summed E-state index contributed by atoms with van der Waals surface area (Å²) in [6, 6.07) is 13.9. The number of nitrogens with zero attached hydrogens (tertiary/aromatic N) is 2. The quantitative estimate of drug-likeness (QED) is 0.822. The average Bonchev–Trinajstić information content (AvgIpc) is 2.90. The number of hydrazone groups is 1. The maximum absolute atomic E-state index is 12.8. The zero-order valence-corrected chi connectivity index (χ0v) is 14.7. The fraction of sp³-hybridized carbons (Fsp3) is 0.105. The molecule has 3 rings (SSSR count). The van der Waals surface area contributed by atoms with Crippen molar-refractivity contribution in [1.29, 1.82) is 0 Å². The first-order chi connectivity index (χ1) is 12.5. The van der Waals surface area contributed by atoms with Gasteiger partial charge in [-0.05, 0) is 43.3 Å². The molecule has 0 atom stereocenters. The van der Waals surface area contributed by atoms with Crippen molar-refractivity contribution < 1.29 is 14.3 Å². The van der Waals surface area contributed by atoms with Crippen molar-refractivity contribution in [3.8, 4) is 5.75 Å². The molecule has 0 spiro atoms. The molecule has 1 heterocycles. The van der Waals surface area contributed by atoms with Crippen molar-refractivity contribution in [1.82, 2.24) is 0 Å². The van der Waals surface area contributed by atoms with E-state index < -0.39 is 5.91 Å². The van der Waals surface area contributed by atoms with Crippen LogP contribution in [0.3, 0.4) is 0 Å². The number of anilines is 1. The van der Waals surface area contributed by atoms with E-state index in [-0.39, 0.29) is 12.5 Å². The van der Waals surface area contributed by atoms with Gasteiger partial charge in [0.2, 0.25) is 0 Å². The molecule has 2 amide bonds. The van der Waals surface area contributed by atoms with Crippen LogP contribution in [0.15, 0.2) is 59.2 Å². The maximum atomic E-state index is 12.8. The summed E-state index contributed by atoms with van der Waals surface area (Å²) in [5, 5.41) is 6.23. The van der Waals surface area contributed by atoms with Crippen molar-refractivity contribution >= 4 is 40.9 Å². The molecule has 0 aromatic heterocycles. The van der Waals surface area contributed by atoms with E-state index in [0.29, 0.717) is 33.3 Å². The molecule has 0 saturated carbocycles. The van der Waals surface area contributed by atoms with Crippen LogP contribution in [0.4, 0.5) is 5.69 Å². The minimum atomic E-state index is -0.573. The van der Waals surface area contributed by atoms with Gasteiger partial charge in [0.1, 0.15) is 5.75 Å². The number of para-hydroxylation sites is 1. The lowest BCUT2D eigenvalue weighted by Gasteiger charge is -2.12. The third-order valence-corrected chi connectivity index (χ3v) is 3.97. The summed E-state index contributed by atoms with van der Waals surface area (Å²) in [5.74, 6) is -0.366. The van der Waals surface area contributed by atoms with Crippen molar-refractivity contribution in [2.24, 2.45) is 10.8 Å². The number of benzene rings is 2. The Kier molecular flexibility index (Phi) is 5.04. The maximum Gasteiger partial charge on any atom is 0.280 e. The Labute approximate surface area is 155 Å². The monoisotopic (exact) mass is 369 g/mol. The van der Waals surface area contributed by atoms with E-state index in [4.69, 9.17) is 22.1 Å². The van der Waals surface area contributed by atoms with Crippen molar-refractivity contribution in [2.75, 3.05) is 11.6 Å². The number of carbonyl (C=O) groups is 2. The molecular formula is C19H16ClN3O3. The number of amides is 2. The summed E-state index contributed by atoms with van der Waals surface area (Å²) >= 11 is 5.89. The van der Waals surface area contributed by atoms with Crippen LogP contribution in [0.5, 0.6) is 5.75 Å². The molecule has 2 N–H and O–H groups in total. The van der Waals surface area contributed by atoms with E-state index in [1.165, 1.54) is 5.01 Å². The molecular weight excluding hydrogens is 354 g/mol. The van der Waals surface area contributed by atoms with E-state index in [0.717, 1.165) is 0 Å². The average molecular weight is 370 g/mol. The number of hydrogen-bond donors (Lipinski definition) is 1. The number of hydrogen-bond acceptors (Lipinski definition) is 4. The van der Waals surface area contributed by atoms with E-state index in [1.807, 2.05) is 6.07 Å². The summed E-state index contributed by atoms with van der Waals surface area (Å²) in [5.41, 5.74) is 7.42.